The number of carboxylic acid groups (broad SMARTS) is 1. The largest absolute Gasteiger partial charge is 0.475 e. The average molecular weight is 279 g/mol. The summed E-state index contributed by atoms with van der Waals surface area (Å²) in [6, 6.07) is 0. The number of H-pyrrole nitrogens is 1. The zero-order chi connectivity index (χ0) is 12.7. The molecule has 0 radical (unpaired) electrons. The lowest BCUT2D eigenvalue weighted by Gasteiger charge is -1.95. The molecular formula is C10H5N3O3S2. The van der Waals surface area contributed by atoms with Gasteiger partial charge in [-0.15, -0.1) is 22.7 Å². The minimum Gasteiger partial charge on any atom is -0.475 e. The van der Waals surface area contributed by atoms with E-state index in [1.807, 2.05) is 5.38 Å². The van der Waals surface area contributed by atoms with Crippen LogP contribution >= 0.6 is 22.7 Å². The van der Waals surface area contributed by atoms with E-state index in [9.17, 15) is 9.59 Å². The molecule has 0 bridgehead atoms. The van der Waals surface area contributed by atoms with Gasteiger partial charge in [-0.1, -0.05) is 0 Å². The van der Waals surface area contributed by atoms with E-state index in [-0.39, 0.29) is 5.82 Å². The highest BCUT2D eigenvalue weighted by Gasteiger charge is 2.16. The maximum atomic E-state index is 11.9. The van der Waals surface area contributed by atoms with Gasteiger partial charge in [0.15, 0.2) is 0 Å². The topological polar surface area (TPSA) is 95.9 Å². The Morgan fingerprint density at radius 2 is 2.22 bits per heavy atom. The Balaban J connectivity index is 2.33. The Morgan fingerprint density at radius 1 is 1.39 bits per heavy atom. The number of thiophene rings is 1. The van der Waals surface area contributed by atoms with Crippen molar-refractivity contribution in [3.8, 4) is 10.6 Å². The molecule has 3 rings (SSSR count). The molecule has 0 atom stereocenters. The number of aromatic carboxylic acids is 1. The quantitative estimate of drug-likeness (QED) is 0.745. The smallest absolute Gasteiger partial charge is 0.372 e. The van der Waals surface area contributed by atoms with E-state index >= 15 is 0 Å². The Hall–Kier alpha value is -2.06. The summed E-state index contributed by atoms with van der Waals surface area (Å²) in [5, 5.41) is 13.5. The van der Waals surface area contributed by atoms with Gasteiger partial charge in [-0.05, 0) is 0 Å². The summed E-state index contributed by atoms with van der Waals surface area (Å²) in [5.41, 5.74) is 0.236. The van der Waals surface area contributed by atoms with E-state index in [1.165, 1.54) is 22.7 Å². The molecule has 0 saturated heterocycles. The van der Waals surface area contributed by atoms with Crippen LogP contribution in [0.3, 0.4) is 0 Å². The predicted molar refractivity (Wildman–Crippen MR) is 68.3 cm³/mol. The monoisotopic (exact) mass is 279 g/mol. The molecule has 0 aliphatic heterocycles. The lowest BCUT2D eigenvalue weighted by molar-refractivity contribution is 0.0683. The normalized spacial score (nSPS) is 10.9. The number of nitrogens with zero attached hydrogens (tertiary/aromatic N) is 2. The van der Waals surface area contributed by atoms with Crippen molar-refractivity contribution in [1.82, 2.24) is 15.0 Å². The van der Waals surface area contributed by atoms with Gasteiger partial charge in [0.2, 0.25) is 5.82 Å². The second kappa shape index (κ2) is 4.00. The Bertz CT molecular complexity index is 788. The minimum atomic E-state index is -1.25. The summed E-state index contributed by atoms with van der Waals surface area (Å²) in [7, 11) is 0. The van der Waals surface area contributed by atoms with Crippen LogP contribution in [0, 0.1) is 0 Å². The van der Waals surface area contributed by atoms with Crippen LogP contribution in [0.2, 0.25) is 0 Å². The van der Waals surface area contributed by atoms with Gasteiger partial charge in [-0.3, -0.25) is 4.79 Å². The third-order valence-corrected chi connectivity index (χ3v) is 3.99. The first-order valence-corrected chi connectivity index (χ1v) is 6.57. The number of fused-ring (bicyclic) bond motifs is 1. The lowest BCUT2D eigenvalue weighted by Crippen LogP contribution is -2.14. The van der Waals surface area contributed by atoms with E-state index in [0.717, 1.165) is 5.01 Å². The van der Waals surface area contributed by atoms with Crippen LogP contribution in [0.25, 0.3) is 20.8 Å². The van der Waals surface area contributed by atoms with Crippen molar-refractivity contribution in [3.63, 3.8) is 0 Å². The van der Waals surface area contributed by atoms with E-state index in [4.69, 9.17) is 5.11 Å². The summed E-state index contributed by atoms with van der Waals surface area (Å²) < 4.78 is 0. The number of nitrogens with one attached hydrogen (secondary N) is 1. The van der Waals surface area contributed by atoms with Crippen molar-refractivity contribution < 1.29 is 9.90 Å². The van der Waals surface area contributed by atoms with Gasteiger partial charge in [0.25, 0.3) is 5.56 Å². The fourth-order valence-corrected chi connectivity index (χ4v) is 3.22. The Labute approximate surface area is 108 Å². The second-order valence-corrected chi connectivity index (χ2v) is 5.14. The Kier molecular flexibility index (Phi) is 2.46. The average Bonchev–Trinajstić information content (AvgIpc) is 2.96. The van der Waals surface area contributed by atoms with Gasteiger partial charge in [0.1, 0.15) is 9.84 Å². The van der Waals surface area contributed by atoms with Crippen molar-refractivity contribution in [2.24, 2.45) is 0 Å². The first-order chi connectivity index (χ1) is 8.66. The molecule has 0 unspecified atom stereocenters. The third-order valence-electron chi connectivity index (χ3n) is 2.31. The SMILES string of the molecule is O=C(O)c1nc2scc(-c3nccs3)c2c(=O)[nH]1. The third kappa shape index (κ3) is 1.62. The van der Waals surface area contributed by atoms with Gasteiger partial charge < -0.3 is 10.1 Å². The first-order valence-electron chi connectivity index (χ1n) is 4.81. The molecule has 3 aromatic rings. The highest BCUT2D eigenvalue weighted by molar-refractivity contribution is 7.18. The molecule has 18 heavy (non-hydrogen) atoms. The molecule has 3 aromatic heterocycles. The molecule has 0 saturated carbocycles. The van der Waals surface area contributed by atoms with E-state index in [0.29, 0.717) is 15.8 Å². The van der Waals surface area contributed by atoms with Crippen molar-refractivity contribution in [2.45, 2.75) is 0 Å². The van der Waals surface area contributed by atoms with Gasteiger partial charge >= 0.3 is 5.97 Å². The van der Waals surface area contributed by atoms with E-state index in [2.05, 4.69) is 15.0 Å². The van der Waals surface area contributed by atoms with Gasteiger partial charge in [-0.2, -0.15) is 0 Å². The summed E-state index contributed by atoms with van der Waals surface area (Å²) in [6.07, 6.45) is 1.65. The molecular weight excluding hydrogens is 274 g/mol. The summed E-state index contributed by atoms with van der Waals surface area (Å²) in [5.74, 6) is -1.60. The number of aromatic nitrogens is 3. The number of hydrogen-bond donors (Lipinski definition) is 2. The molecule has 0 amide bonds. The maximum Gasteiger partial charge on any atom is 0.372 e. The molecule has 0 aliphatic rings. The van der Waals surface area contributed by atoms with E-state index < -0.39 is 11.5 Å². The summed E-state index contributed by atoms with van der Waals surface area (Å²) in [4.78, 5) is 33.4. The van der Waals surface area contributed by atoms with Crippen molar-refractivity contribution in [1.29, 1.82) is 0 Å². The molecule has 8 heteroatoms. The molecule has 6 nitrogen and oxygen atoms in total. The fourth-order valence-electron chi connectivity index (χ4n) is 1.56. The summed E-state index contributed by atoms with van der Waals surface area (Å²) in [6.45, 7) is 0. The highest BCUT2D eigenvalue weighted by atomic mass is 32.1. The van der Waals surface area contributed by atoms with E-state index in [1.54, 1.807) is 11.6 Å². The second-order valence-electron chi connectivity index (χ2n) is 3.39. The van der Waals surface area contributed by atoms with Crippen LogP contribution in [0.4, 0.5) is 0 Å². The maximum absolute atomic E-state index is 11.9. The highest BCUT2D eigenvalue weighted by Crippen LogP contribution is 2.31. The van der Waals surface area contributed by atoms with Crippen LogP contribution in [0.5, 0.6) is 0 Å². The predicted octanol–water partition coefficient (Wildman–Crippen LogP) is 1.81. The van der Waals surface area contributed by atoms with Gasteiger partial charge in [0, 0.05) is 22.5 Å². The molecule has 0 aliphatic carbocycles. The number of carboxylic acids is 1. The molecule has 0 spiro atoms. The van der Waals surface area contributed by atoms with Gasteiger partial charge in [0.05, 0.1) is 5.39 Å². The molecule has 3 heterocycles. The number of hydrogen-bond acceptors (Lipinski definition) is 6. The van der Waals surface area contributed by atoms with Crippen molar-refractivity contribution in [3.05, 3.63) is 33.1 Å². The fraction of sp³-hybridized carbons (Fsp3) is 0. The Morgan fingerprint density at radius 3 is 2.89 bits per heavy atom. The van der Waals surface area contributed by atoms with Crippen molar-refractivity contribution in [2.75, 3.05) is 0 Å². The number of carbonyl (C=O) groups is 1. The molecule has 0 aromatic carbocycles. The van der Waals surface area contributed by atoms with Crippen LogP contribution in [-0.4, -0.2) is 26.0 Å². The number of rotatable bonds is 2. The lowest BCUT2D eigenvalue weighted by atomic mass is 10.2. The summed E-state index contributed by atoms with van der Waals surface area (Å²) >= 11 is 2.64. The standard InChI is InChI=1S/C10H5N3O3S2/c14-7-5-4(8-11-1-2-17-8)3-18-9(5)13-6(12-7)10(15)16/h1-3H,(H,15,16)(H,12,13,14). The molecule has 90 valence electrons. The van der Waals surface area contributed by atoms with Crippen LogP contribution in [0.1, 0.15) is 10.6 Å². The van der Waals surface area contributed by atoms with Crippen LogP contribution < -0.4 is 5.56 Å². The van der Waals surface area contributed by atoms with Crippen LogP contribution in [-0.2, 0) is 0 Å². The zero-order valence-corrected chi connectivity index (χ0v) is 10.3. The number of thiazole rings is 1. The number of aromatic amines is 1. The first kappa shape index (κ1) is 11.1. The minimum absolute atomic E-state index is 0.347. The molecule has 0 fully saturated rings. The molecule has 2 N–H and O–H groups in total. The van der Waals surface area contributed by atoms with Crippen molar-refractivity contribution >= 4 is 38.9 Å². The zero-order valence-electron chi connectivity index (χ0n) is 8.71. The van der Waals surface area contributed by atoms with Crippen LogP contribution in [0.15, 0.2) is 21.8 Å². The van der Waals surface area contributed by atoms with Gasteiger partial charge in [-0.25, -0.2) is 14.8 Å².